The highest BCUT2D eigenvalue weighted by Gasteiger charge is 2.41. The molecule has 1 aliphatic carbocycles. The van der Waals surface area contributed by atoms with Gasteiger partial charge in [0.15, 0.2) is 0 Å². The van der Waals surface area contributed by atoms with Crippen LogP contribution in [0.2, 0.25) is 0 Å². The summed E-state index contributed by atoms with van der Waals surface area (Å²) in [6.07, 6.45) is 4.13. The molecule has 3 unspecified atom stereocenters. The van der Waals surface area contributed by atoms with Gasteiger partial charge in [0.05, 0.1) is 6.10 Å². The molecule has 2 nitrogen and oxygen atoms in total. The molecule has 3 atom stereocenters. The van der Waals surface area contributed by atoms with Crippen molar-refractivity contribution in [3.8, 4) is 0 Å². The summed E-state index contributed by atoms with van der Waals surface area (Å²) >= 11 is 5.47. The molecular formula is C10H16ClNO. The number of nitrogens with zero attached hydrogens (tertiary/aromatic N) is 1. The van der Waals surface area contributed by atoms with E-state index in [0.29, 0.717) is 5.92 Å². The lowest BCUT2D eigenvalue weighted by Gasteiger charge is -2.15. The van der Waals surface area contributed by atoms with Crippen LogP contribution in [0.1, 0.15) is 12.8 Å². The van der Waals surface area contributed by atoms with Crippen LogP contribution in [0.3, 0.4) is 0 Å². The Bertz CT molecular complexity index is 207. The third-order valence-corrected chi connectivity index (χ3v) is 3.53. The van der Waals surface area contributed by atoms with Crippen LogP contribution in [0, 0.1) is 11.8 Å². The van der Waals surface area contributed by atoms with Crippen molar-refractivity contribution in [2.45, 2.75) is 18.9 Å². The highest BCUT2D eigenvalue weighted by molar-refractivity contribution is 6.25. The maximum absolute atomic E-state index is 9.67. The maximum atomic E-state index is 9.67. The van der Waals surface area contributed by atoms with Crippen LogP contribution in [-0.2, 0) is 0 Å². The molecule has 2 rings (SSSR count). The van der Waals surface area contributed by atoms with Gasteiger partial charge in [0.25, 0.3) is 0 Å². The molecule has 1 aliphatic heterocycles. The molecule has 0 amide bonds. The monoisotopic (exact) mass is 201 g/mol. The SMILES string of the molecule is OC1CCC2CN(C/C=C/Cl)CC12. The van der Waals surface area contributed by atoms with Gasteiger partial charge in [0, 0.05) is 31.1 Å². The molecule has 1 saturated carbocycles. The van der Waals surface area contributed by atoms with Crippen LogP contribution in [-0.4, -0.2) is 35.7 Å². The number of rotatable bonds is 2. The summed E-state index contributed by atoms with van der Waals surface area (Å²) in [5, 5.41) is 9.67. The summed E-state index contributed by atoms with van der Waals surface area (Å²) in [6, 6.07) is 0. The first-order chi connectivity index (χ1) is 6.31. The normalized spacial score (nSPS) is 40.3. The van der Waals surface area contributed by atoms with Crippen molar-refractivity contribution in [2.75, 3.05) is 19.6 Å². The fraction of sp³-hybridized carbons (Fsp3) is 0.800. The van der Waals surface area contributed by atoms with Gasteiger partial charge in [-0.3, -0.25) is 4.90 Å². The third-order valence-electron chi connectivity index (χ3n) is 3.35. The average Bonchev–Trinajstić information content (AvgIpc) is 2.65. The summed E-state index contributed by atoms with van der Waals surface area (Å²) in [6.45, 7) is 3.12. The van der Waals surface area contributed by atoms with E-state index in [0.717, 1.165) is 32.0 Å². The zero-order valence-electron chi connectivity index (χ0n) is 7.69. The number of hydrogen-bond acceptors (Lipinski definition) is 2. The van der Waals surface area contributed by atoms with E-state index in [9.17, 15) is 5.11 Å². The summed E-state index contributed by atoms with van der Waals surface area (Å²) in [5.74, 6) is 1.27. The molecule has 0 spiro atoms. The average molecular weight is 202 g/mol. The van der Waals surface area contributed by atoms with Crippen molar-refractivity contribution in [3.63, 3.8) is 0 Å². The van der Waals surface area contributed by atoms with Crippen molar-refractivity contribution in [1.82, 2.24) is 4.90 Å². The first-order valence-corrected chi connectivity index (χ1v) is 5.40. The molecule has 0 aromatic rings. The second-order valence-corrected chi connectivity index (χ2v) is 4.40. The molecule has 2 fully saturated rings. The minimum absolute atomic E-state index is 0.0463. The fourth-order valence-corrected chi connectivity index (χ4v) is 2.75. The van der Waals surface area contributed by atoms with E-state index in [1.165, 1.54) is 6.42 Å². The van der Waals surface area contributed by atoms with E-state index in [-0.39, 0.29) is 6.10 Å². The van der Waals surface area contributed by atoms with E-state index < -0.39 is 0 Å². The van der Waals surface area contributed by atoms with Crippen molar-refractivity contribution in [2.24, 2.45) is 11.8 Å². The van der Waals surface area contributed by atoms with Crippen molar-refractivity contribution in [1.29, 1.82) is 0 Å². The molecule has 0 aromatic heterocycles. The summed E-state index contributed by atoms with van der Waals surface area (Å²) in [5.41, 5.74) is 1.57. The highest BCUT2D eigenvalue weighted by Crippen LogP contribution is 2.37. The van der Waals surface area contributed by atoms with Gasteiger partial charge in [-0.15, -0.1) is 0 Å². The van der Waals surface area contributed by atoms with Gasteiger partial charge >= 0.3 is 0 Å². The molecule has 1 heterocycles. The quantitative estimate of drug-likeness (QED) is 0.731. The second-order valence-electron chi connectivity index (χ2n) is 4.15. The topological polar surface area (TPSA) is 23.5 Å². The lowest BCUT2D eigenvalue weighted by molar-refractivity contribution is 0.125. The minimum Gasteiger partial charge on any atom is -0.393 e. The van der Waals surface area contributed by atoms with Gasteiger partial charge in [-0.2, -0.15) is 0 Å². The molecule has 1 saturated heterocycles. The molecule has 74 valence electrons. The van der Waals surface area contributed by atoms with Crippen LogP contribution < -0.4 is 0 Å². The van der Waals surface area contributed by atoms with E-state index >= 15 is 0 Å². The minimum atomic E-state index is -0.0463. The van der Waals surface area contributed by atoms with Crippen LogP contribution in [0.25, 0.3) is 0 Å². The fourth-order valence-electron chi connectivity index (χ4n) is 2.67. The molecule has 2 aliphatic rings. The van der Waals surface area contributed by atoms with Crippen LogP contribution in [0.5, 0.6) is 0 Å². The van der Waals surface area contributed by atoms with Gasteiger partial charge in [0.1, 0.15) is 0 Å². The lowest BCUT2D eigenvalue weighted by atomic mass is 10.00. The number of fused-ring (bicyclic) bond motifs is 1. The van der Waals surface area contributed by atoms with Crippen LogP contribution in [0.4, 0.5) is 0 Å². The lowest BCUT2D eigenvalue weighted by Crippen LogP contribution is -2.24. The Labute approximate surface area is 84.2 Å². The largest absolute Gasteiger partial charge is 0.393 e. The predicted molar refractivity (Wildman–Crippen MR) is 53.7 cm³/mol. The smallest absolute Gasteiger partial charge is 0.0583 e. The molecule has 0 bridgehead atoms. The third kappa shape index (κ3) is 1.90. The van der Waals surface area contributed by atoms with Crippen LogP contribution in [0.15, 0.2) is 11.6 Å². The number of halogens is 1. The summed E-state index contributed by atoms with van der Waals surface area (Å²) in [4.78, 5) is 2.37. The summed E-state index contributed by atoms with van der Waals surface area (Å²) in [7, 11) is 0. The van der Waals surface area contributed by atoms with Crippen LogP contribution >= 0.6 is 11.6 Å². The highest BCUT2D eigenvalue weighted by atomic mass is 35.5. The van der Waals surface area contributed by atoms with E-state index in [4.69, 9.17) is 11.6 Å². The van der Waals surface area contributed by atoms with Gasteiger partial charge in [-0.05, 0) is 18.8 Å². The number of hydrogen-bond donors (Lipinski definition) is 1. The molecule has 0 radical (unpaired) electrons. The van der Waals surface area contributed by atoms with Crippen molar-refractivity contribution in [3.05, 3.63) is 11.6 Å². The van der Waals surface area contributed by atoms with Gasteiger partial charge < -0.3 is 5.11 Å². The molecule has 0 aromatic carbocycles. The maximum Gasteiger partial charge on any atom is 0.0583 e. The number of aliphatic hydroxyl groups is 1. The second kappa shape index (κ2) is 3.99. The predicted octanol–water partition coefficient (Wildman–Crippen LogP) is 1.44. The van der Waals surface area contributed by atoms with Gasteiger partial charge in [-0.25, -0.2) is 0 Å². The molecule has 1 N–H and O–H groups in total. The Kier molecular flexibility index (Phi) is 2.92. The van der Waals surface area contributed by atoms with Crippen molar-refractivity contribution >= 4 is 11.6 Å². The Balaban J connectivity index is 1.87. The zero-order valence-corrected chi connectivity index (χ0v) is 8.45. The first-order valence-electron chi connectivity index (χ1n) is 4.97. The number of likely N-dealkylation sites (tertiary alicyclic amines) is 1. The molecule has 13 heavy (non-hydrogen) atoms. The standard InChI is InChI=1S/C10H16ClNO/c11-4-1-5-12-6-8-2-3-10(13)9(8)7-12/h1,4,8-10,13H,2-3,5-7H2/b4-1+. The van der Waals surface area contributed by atoms with E-state index in [1.807, 2.05) is 6.08 Å². The summed E-state index contributed by atoms with van der Waals surface area (Å²) < 4.78 is 0. The molecule has 3 heteroatoms. The van der Waals surface area contributed by atoms with Gasteiger partial charge in [-0.1, -0.05) is 17.7 Å². The zero-order chi connectivity index (χ0) is 9.26. The van der Waals surface area contributed by atoms with E-state index in [1.54, 1.807) is 5.54 Å². The Morgan fingerprint density at radius 2 is 2.23 bits per heavy atom. The molecular weight excluding hydrogens is 186 g/mol. The number of aliphatic hydroxyl groups excluding tert-OH is 1. The Hall–Kier alpha value is -0.0500. The Morgan fingerprint density at radius 1 is 1.38 bits per heavy atom. The van der Waals surface area contributed by atoms with Crippen molar-refractivity contribution < 1.29 is 5.11 Å². The first kappa shape index (κ1) is 9.50. The Morgan fingerprint density at radius 3 is 2.92 bits per heavy atom. The van der Waals surface area contributed by atoms with E-state index in [2.05, 4.69) is 4.90 Å². The van der Waals surface area contributed by atoms with Gasteiger partial charge in [0.2, 0.25) is 0 Å².